The molecule has 0 spiro atoms. The van der Waals surface area contributed by atoms with Gasteiger partial charge in [0.1, 0.15) is 6.04 Å². The number of carbonyl (C=O) groups excluding carboxylic acids is 1. The van der Waals surface area contributed by atoms with E-state index in [9.17, 15) is 23.3 Å². The van der Waals surface area contributed by atoms with Crippen LogP contribution < -0.4 is 0 Å². The average Bonchev–Trinajstić information content (AvgIpc) is 3.38. The Bertz CT molecular complexity index is 954. The normalized spacial score (nSPS) is 21.8. The molecule has 1 saturated heterocycles. The number of ether oxygens (including phenoxy) is 1. The first-order valence-electron chi connectivity index (χ1n) is 7.70. The van der Waals surface area contributed by atoms with Gasteiger partial charge in [-0.25, -0.2) is 8.42 Å². The number of nitro benzene ring substituents is 1. The molecule has 26 heavy (non-hydrogen) atoms. The van der Waals surface area contributed by atoms with Crippen LogP contribution in [-0.2, 0) is 19.6 Å². The summed E-state index contributed by atoms with van der Waals surface area (Å²) in [7, 11) is -2.73. The highest BCUT2D eigenvalue weighted by Crippen LogP contribution is 2.48. The first kappa shape index (κ1) is 18.0. The lowest BCUT2D eigenvalue weighted by Crippen LogP contribution is -2.20. The van der Waals surface area contributed by atoms with Crippen LogP contribution in [0.1, 0.15) is 17.2 Å². The summed E-state index contributed by atoms with van der Waals surface area (Å²) >= 11 is 0. The van der Waals surface area contributed by atoms with Crippen LogP contribution in [0, 0.1) is 17.0 Å². The van der Waals surface area contributed by atoms with Crippen molar-refractivity contribution < 1.29 is 22.9 Å². The van der Waals surface area contributed by atoms with Crippen molar-refractivity contribution in [2.75, 3.05) is 7.11 Å². The number of nitro groups is 1. The van der Waals surface area contributed by atoms with Gasteiger partial charge in [0.2, 0.25) is 10.0 Å². The molecule has 0 saturated carbocycles. The Kier molecular flexibility index (Phi) is 4.51. The first-order valence-corrected chi connectivity index (χ1v) is 9.14. The average molecular weight is 376 g/mol. The Hall–Kier alpha value is -2.78. The van der Waals surface area contributed by atoms with Crippen molar-refractivity contribution in [1.82, 2.24) is 4.31 Å². The number of carbonyl (C=O) groups is 1. The van der Waals surface area contributed by atoms with Crippen molar-refractivity contribution >= 4 is 21.7 Å². The maximum Gasteiger partial charge on any atom is 0.326 e. The van der Waals surface area contributed by atoms with E-state index in [-0.39, 0.29) is 10.6 Å². The molecule has 0 N–H and O–H groups in total. The number of nitrogens with zero attached hydrogens (tertiary/aromatic N) is 2. The molecule has 0 amide bonds. The zero-order valence-electron chi connectivity index (χ0n) is 14.0. The zero-order valence-corrected chi connectivity index (χ0v) is 14.8. The van der Waals surface area contributed by atoms with Crippen LogP contribution in [0.5, 0.6) is 0 Å². The van der Waals surface area contributed by atoms with Gasteiger partial charge in [0.05, 0.1) is 23.0 Å². The number of rotatable bonds is 5. The molecule has 0 radical (unpaired) electrons. The summed E-state index contributed by atoms with van der Waals surface area (Å²) in [6.07, 6.45) is 0. The summed E-state index contributed by atoms with van der Waals surface area (Å²) in [5.74, 6) is -0.677. The summed E-state index contributed by atoms with van der Waals surface area (Å²) in [6.45, 7) is 1.84. The molecular weight excluding hydrogens is 360 g/mol. The molecule has 2 aromatic carbocycles. The van der Waals surface area contributed by atoms with E-state index in [1.165, 1.54) is 43.5 Å². The van der Waals surface area contributed by atoms with E-state index in [0.29, 0.717) is 5.56 Å². The van der Waals surface area contributed by atoms with Gasteiger partial charge in [0, 0.05) is 12.1 Å². The number of benzene rings is 2. The quantitative estimate of drug-likeness (QED) is 0.343. The van der Waals surface area contributed by atoms with Crippen LogP contribution in [0.25, 0.3) is 0 Å². The third-order valence-corrected chi connectivity index (χ3v) is 6.12. The van der Waals surface area contributed by atoms with Crippen LogP contribution in [0.15, 0.2) is 53.4 Å². The van der Waals surface area contributed by atoms with Crippen LogP contribution in [-0.4, -0.2) is 36.8 Å². The lowest BCUT2D eigenvalue weighted by atomic mass is 10.1. The minimum atomic E-state index is -3.91. The summed E-state index contributed by atoms with van der Waals surface area (Å²) in [4.78, 5) is 22.3. The molecular formula is C17H16N2O6S. The Labute approximate surface area is 150 Å². The number of hydrogen-bond acceptors (Lipinski definition) is 6. The minimum absolute atomic E-state index is 0.0708. The van der Waals surface area contributed by atoms with Gasteiger partial charge in [0.15, 0.2) is 0 Å². The fraction of sp³-hybridized carbons (Fsp3) is 0.235. The second kappa shape index (κ2) is 6.50. The standard InChI is InChI=1S/C17H16N2O6S/c1-11-3-9-14(10-4-11)26(23,24)18-15(16(18)17(20)25-2)12-5-7-13(8-6-12)19(21)22/h3-10,15-16H,1-2H3/t15-,16-,18?/m0/s1. The molecule has 9 heteroatoms. The molecule has 3 rings (SSSR count). The lowest BCUT2D eigenvalue weighted by molar-refractivity contribution is -0.384. The number of hydrogen-bond donors (Lipinski definition) is 0. The van der Waals surface area contributed by atoms with E-state index in [1.54, 1.807) is 12.1 Å². The molecule has 1 aliphatic heterocycles. The maximum absolute atomic E-state index is 12.9. The van der Waals surface area contributed by atoms with Crippen LogP contribution in [0.3, 0.4) is 0 Å². The van der Waals surface area contributed by atoms with E-state index in [0.717, 1.165) is 9.87 Å². The third-order valence-electron chi connectivity index (χ3n) is 4.24. The number of esters is 1. The minimum Gasteiger partial charge on any atom is -0.468 e. The van der Waals surface area contributed by atoms with E-state index in [4.69, 9.17) is 4.74 Å². The van der Waals surface area contributed by atoms with Crippen molar-refractivity contribution in [3.8, 4) is 0 Å². The molecule has 136 valence electrons. The fourth-order valence-electron chi connectivity index (χ4n) is 2.82. The number of aryl methyl sites for hydroxylation is 1. The SMILES string of the molecule is COC(=O)[C@@H]1[C@H](c2ccc([N+](=O)[O-])cc2)N1S(=O)(=O)c1ccc(C)cc1. The highest BCUT2D eigenvalue weighted by Gasteiger charge is 2.61. The van der Waals surface area contributed by atoms with Crippen LogP contribution in [0.4, 0.5) is 5.69 Å². The van der Waals surface area contributed by atoms with Crippen molar-refractivity contribution in [2.45, 2.75) is 23.9 Å². The molecule has 0 aliphatic carbocycles. The summed E-state index contributed by atoms with van der Waals surface area (Å²) in [5, 5.41) is 10.8. The van der Waals surface area contributed by atoms with Gasteiger partial charge in [-0.1, -0.05) is 29.8 Å². The van der Waals surface area contributed by atoms with E-state index in [2.05, 4.69) is 0 Å². The lowest BCUT2D eigenvalue weighted by Gasteiger charge is -2.07. The smallest absolute Gasteiger partial charge is 0.326 e. The van der Waals surface area contributed by atoms with Gasteiger partial charge in [-0.2, -0.15) is 4.31 Å². The predicted octanol–water partition coefficient (Wildman–Crippen LogP) is 2.19. The monoisotopic (exact) mass is 376 g/mol. The number of sulfonamides is 1. The summed E-state index contributed by atoms with van der Waals surface area (Å²) in [6, 6.07) is 10.00. The molecule has 3 atom stereocenters. The highest BCUT2D eigenvalue weighted by molar-refractivity contribution is 7.89. The predicted molar refractivity (Wildman–Crippen MR) is 91.8 cm³/mol. The highest BCUT2D eigenvalue weighted by atomic mass is 32.2. The van der Waals surface area contributed by atoms with Gasteiger partial charge in [-0.3, -0.25) is 14.9 Å². The Balaban J connectivity index is 1.97. The molecule has 0 bridgehead atoms. The molecule has 8 nitrogen and oxygen atoms in total. The van der Waals surface area contributed by atoms with Gasteiger partial charge in [-0.15, -0.1) is 0 Å². The van der Waals surface area contributed by atoms with Crippen molar-refractivity contribution in [2.24, 2.45) is 0 Å². The summed E-state index contributed by atoms with van der Waals surface area (Å²) < 4.78 is 31.6. The fourth-order valence-corrected chi connectivity index (χ4v) is 4.52. The van der Waals surface area contributed by atoms with Gasteiger partial charge in [-0.05, 0) is 24.6 Å². The first-order chi connectivity index (χ1) is 12.3. The molecule has 0 aromatic heterocycles. The van der Waals surface area contributed by atoms with E-state index in [1.807, 2.05) is 6.92 Å². The van der Waals surface area contributed by atoms with E-state index < -0.39 is 33.0 Å². The zero-order chi connectivity index (χ0) is 19.1. The van der Waals surface area contributed by atoms with Crippen molar-refractivity contribution in [3.63, 3.8) is 0 Å². The van der Waals surface area contributed by atoms with Gasteiger partial charge < -0.3 is 4.74 Å². The second-order valence-corrected chi connectivity index (χ2v) is 7.75. The Morgan fingerprint density at radius 1 is 1.12 bits per heavy atom. The maximum atomic E-state index is 12.9. The molecule has 1 fully saturated rings. The Morgan fingerprint density at radius 2 is 1.69 bits per heavy atom. The molecule has 1 aliphatic rings. The molecule has 1 heterocycles. The largest absolute Gasteiger partial charge is 0.468 e. The van der Waals surface area contributed by atoms with Gasteiger partial charge in [0.25, 0.3) is 5.69 Å². The Morgan fingerprint density at radius 3 is 2.19 bits per heavy atom. The molecule has 1 unspecified atom stereocenters. The second-order valence-electron chi connectivity index (χ2n) is 5.91. The van der Waals surface area contributed by atoms with E-state index >= 15 is 0 Å². The topological polar surface area (TPSA) is 107 Å². The molecule has 2 aromatic rings. The number of non-ortho nitro benzene ring substituents is 1. The third kappa shape index (κ3) is 3.06. The van der Waals surface area contributed by atoms with Gasteiger partial charge >= 0.3 is 5.97 Å². The van der Waals surface area contributed by atoms with Crippen molar-refractivity contribution in [1.29, 1.82) is 0 Å². The summed E-state index contributed by atoms with van der Waals surface area (Å²) in [5.41, 5.74) is 1.28. The van der Waals surface area contributed by atoms with Crippen molar-refractivity contribution in [3.05, 3.63) is 69.8 Å². The van der Waals surface area contributed by atoms with Crippen LogP contribution >= 0.6 is 0 Å². The number of methoxy groups -OCH3 is 1. The van der Waals surface area contributed by atoms with Crippen LogP contribution in [0.2, 0.25) is 0 Å².